The van der Waals surface area contributed by atoms with Crippen molar-refractivity contribution in [3.8, 4) is 0 Å². The zero-order chi connectivity index (χ0) is 19.1. The molecule has 144 valence electrons. The highest BCUT2D eigenvalue weighted by Gasteiger charge is 2.39. The van der Waals surface area contributed by atoms with Gasteiger partial charge in [0.15, 0.2) is 0 Å². The van der Waals surface area contributed by atoms with Crippen molar-refractivity contribution in [2.45, 2.75) is 36.7 Å². The predicted molar refractivity (Wildman–Crippen MR) is 108 cm³/mol. The molecular formula is C22H27NO3S. The van der Waals surface area contributed by atoms with E-state index in [1.807, 2.05) is 67.6 Å². The molecule has 1 aliphatic rings. The maximum absolute atomic E-state index is 12.4. The summed E-state index contributed by atoms with van der Waals surface area (Å²) in [5, 5.41) is 0. The molecule has 1 fully saturated rings. The molecule has 0 spiro atoms. The van der Waals surface area contributed by atoms with Crippen LogP contribution in [0.4, 0.5) is 0 Å². The Bertz CT molecular complexity index is 756. The van der Waals surface area contributed by atoms with Gasteiger partial charge in [0.25, 0.3) is 0 Å². The number of likely N-dealkylation sites (tertiary alicyclic amines) is 1. The Morgan fingerprint density at radius 2 is 1.63 bits per heavy atom. The highest BCUT2D eigenvalue weighted by Crippen LogP contribution is 2.37. The van der Waals surface area contributed by atoms with E-state index in [9.17, 15) is 9.00 Å². The van der Waals surface area contributed by atoms with Crippen molar-refractivity contribution in [2.24, 2.45) is 0 Å². The molecule has 1 unspecified atom stereocenters. The van der Waals surface area contributed by atoms with Crippen molar-refractivity contribution >= 4 is 16.8 Å². The Hall–Kier alpha value is -1.98. The molecular weight excluding hydrogens is 358 g/mol. The first-order chi connectivity index (χ1) is 13.1. The second-order valence-electron chi connectivity index (χ2n) is 6.89. The Kier molecular flexibility index (Phi) is 6.80. The fourth-order valence-electron chi connectivity index (χ4n) is 3.52. The quantitative estimate of drug-likeness (QED) is 0.681. The van der Waals surface area contributed by atoms with Crippen LogP contribution in [-0.4, -0.2) is 40.5 Å². The molecule has 1 saturated heterocycles. The van der Waals surface area contributed by atoms with Crippen LogP contribution in [0.15, 0.2) is 65.6 Å². The SMILES string of the molecule is CCC(=O)OC1(c2ccccc2)CCN(CCS(=O)c2ccccc2)CC1. The van der Waals surface area contributed by atoms with Gasteiger partial charge >= 0.3 is 5.97 Å². The van der Waals surface area contributed by atoms with Gasteiger partial charge in [-0.25, -0.2) is 0 Å². The number of carbonyl (C=O) groups is 1. The summed E-state index contributed by atoms with van der Waals surface area (Å²) in [6, 6.07) is 19.7. The summed E-state index contributed by atoms with van der Waals surface area (Å²) in [7, 11) is -0.978. The summed E-state index contributed by atoms with van der Waals surface area (Å²) in [6.45, 7) is 4.28. The fraction of sp³-hybridized carbons (Fsp3) is 0.409. The number of carbonyl (C=O) groups excluding carboxylic acids is 1. The Balaban J connectivity index is 1.61. The summed E-state index contributed by atoms with van der Waals surface area (Å²) < 4.78 is 18.4. The van der Waals surface area contributed by atoms with Crippen molar-refractivity contribution in [3.05, 3.63) is 66.2 Å². The molecule has 0 bridgehead atoms. The van der Waals surface area contributed by atoms with Gasteiger partial charge in [-0.2, -0.15) is 0 Å². The van der Waals surface area contributed by atoms with Gasteiger partial charge in [-0.3, -0.25) is 9.00 Å². The number of rotatable bonds is 7. The molecule has 2 aromatic rings. The zero-order valence-corrected chi connectivity index (χ0v) is 16.6. The smallest absolute Gasteiger partial charge is 0.306 e. The van der Waals surface area contributed by atoms with Crippen LogP contribution in [0.2, 0.25) is 0 Å². The number of benzene rings is 2. The maximum atomic E-state index is 12.4. The zero-order valence-electron chi connectivity index (χ0n) is 15.8. The van der Waals surface area contributed by atoms with E-state index in [4.69, 9.17) is 4.74 Å². The van der Waals surface area contributed by atoms with Crippen LogP contribution in [0.1, 0.15) is 31.7 Å². The van der Waals surface area contributed by atoms with E-state index in [0.717, 1.165) is 42.9 Å². The highest BCUT2D eigenvalue weighted by molar-refractivity contribution is 7.85. The summed E-state index contributed by atoms with van der Waals surface area (Å²) in [5.74, 6) is 0.467. The van der Waals surface area contributed by atoms with Gasteiger partial charge in [0, 0.05) is 49.5 Å². The first-order valence-electron chi connectivity index (χ1n) is 9.56. The van der Waals surface area contributed by atoms with Crippen LogP contribution in [0.25, 0.3) is 0 Å². The second-order valence-corrected chi connectivity index (χ2v) is 8.46. The third kappa shape index (κ3) is 5.05. The van der Waals surface area contributed by atoms with Crippen LogP contribution in [0.3, 0.4) is 0 Å². The molecule has 5 heteroatoms. The number of ether oxygens (including phenoxy) is 1. The van der Waals surface area contributed by atoms with Gasteiger partial charge in [-0.1, -0.05) is 55.5 Å². The number of esters is 1. The Morgan fingerprint density at radius 3 is 2.22 bits per heavy atom. The molecule has 27 heavy (non-hydrogen) atoms. The molecule has 1 atom stereocenters. The number of piperidine rings is 1. The molecule has 0 amide bonds. The summed E-state index contributed by atoms with van der Waals surface area (Å²) in [5.41, 5.74) is 0.531. The van der Waals surface area contributed by atoms with E-state index in [2.05, 4.69) is 4.90 Å². The average molecular weight is 386 g/mol. The monoisotopic (exact) mass is 385 g/mol. The summed E-state index contributed by atoms with van der Waals surface area (Å²) >= 11 is 0. The third-order valence-corrected chi connectivity index (χ3v) is 6.51. The average Bonchev–Trinajstić information content (AvgIpc) is 2.74. The van der Waals surface area contributed by atoms with E-state index >= 15 is 0 Å². The van der Waals surface area contributed by atoms with Crippen molar-refractivity contribution in [1.29, 1.82) is 0 Å². The largest absolute Gasteiger partial charge is 0.454 e. The lowest BCUT2D eigenvalue weighted by atomic mass is 9.84. The minimum atomic E-state index is -0.978. The molecule has 0 aliphatic carbocycles. The van der Waals surface area contributed by atoms with Gasteiger partial charge in [0.1, 0.15) is 5.60 Å². The topological polar surface area (TPSA) is 46.6 Å². The van der Waals surface area contributed by atoms with Crippen LogP contribution >= 0.6 is 0 Å². The minimum Gasteiger partial charge on any atom is -0.454 e. The predicted octanol–water partition coefficient (Wildman–Crippen LogP) is 3.74. The molecule has 3 rings (SSSR count). The van der Waals surface area contributed by atoms with Gasteiger partial charge < -0.3 is 9.64 Å². The van der Waals surface area contributed by atoms with Gasteiger partial charge in [-0.05, 0) is 17.7 Å². The van der Waals surface area contributed by atoms with Crippen LogP contribution < -0.4 is 0 Å². The highest BCUT2D eigenvalue weighted by atomic mass is 32.2. The normalized spacial score (nSPS) is 18.0. The lowest BCUT2D eigenvalue weighted by Gasteiger charge is -2.41. The first kappa shape index (κ1) is 19.8. The summed E-state index contributed by atoms with van der Waals surface area (Å²) in [4.78, 5) is 15.2. The molecule has 0 N–H and O–H groups in total. The van der Waals surface area contributed by atoms with Crippen molar-refractivity contribution in [2.75, 3.05) is 25.4 Å². The third-order valence-electron chi connectivity index (χ3n) is 5.16. The van der Waals surface area contributed by atoms with E-state index in [0.29, 0.717) is 12.2 Å². The van der Waals surface area contributed by atoms with Crippen LogP contribution in [-0.2, 0) is 25.9 Å². The van der Waals surface area contributed by atoms with E-state index in [-0.39, 0.29) is 5.97 Å². The van der Waals surface area contributed by atoms with Gasteiger partial charge in [0.05, 0.1) is 10.8 Å². The second kappa shape index (κ2) is 9.29. The summed E-state index contributed by atoms with van der Waals surface area (Å²) in [6.07, 6.45) is 1.91. The fourth-order valence-corrected chi connectivity index (χ4v) is 4.64. The van der Waals surface area contributed by atoms with Crippen LogP contribution in [0, 0.1) is 0 Å². The van der Waals surface area contributed by atoms with Gasteiger partial charge in [-0.15, -0.1) is 0 Å². The molecule has 0 radical (unpaired) electrons. The van der Waals surface area contributed by atoms with E-state index < -0.39 is 16.4 Å². The molecule has 1 heterocycles. The molecule has 1 aliphatic heterocycles. The molecule has 0 aromatic heterocycles. The number of nitrogens with zero attached hydrogens (tertiary/aromatic N) is 1. The molecule has 0 saturated carbocycles. The van der Waals surface area contributed by atoms with Gasteiger partial charge in [0.2, 0.25) is 0 Å². The van der Waals surface area contributed by atoms with E-state index in [1.165, 1.54) is 0 Å². The molecule has 2 aromatic carbocycles. The minimum absolute atomic E-state index is 0.155. The molecule has 4 nitrogen and oxygen atoms in total. The van der Waals surface area contributed by atoms with Crippen molar-refractivity contribution in [1.82, 2.24) is 4.90 Å². The van der Waals surface area contributed by atoms with Crippen LogP contribution in [0.5, 0.6) is 0 Å². The Labute approximate surface area is 164 Å². The van der Waals surface area contributed by atoms with E-state index in [1.54, 1.807) is 0 Å². The lowest BCUT2D eigenvalue weighted by Crippen LogP contribution is -2.46. The lowest BCUT2D eigenvalue weighted by molar-refractivity contribution is -0.166. The number of hydrogen-bond donors (Lipinski definition) is 0. The van der Waals surface area contributed by atoms with Crippen molar-refractivity contribution < 1.29 is 13.7 Å². The first-order valence-corrected chi connectivity index (χ1v) is 10.9. The Morgan fingerprint density at radius 1 is 1.04 bits per heavy atom. The maximum Gasteiger partial charge on any atom is 0.306 e. The van der Waals surface area contributed by atoms with Crippen molar-refractivity contribution in [3.63, 3.8) is 0 Å². The standard InChI is InChI=1S/C22H27NO3S/c1-2-21(24)26-22(19-9-5-3-6-10-19)13-15-23(16-14-22)17-18-27(25)20-11-7-4-8-12-20/h3-12H,2,13-18H2,1H3. The number of hydrogen-bond acceptors (Lipinski definition) is 4.